The Labute approximate surface area is 110 Å². The molecule has 0 amide bonds. The molecule has 3 N–H and O–H groups in total. The molecule has 1 aliphatic heterocycles. The first-order valence-corrected chi connectivity index (χ1v) is 7.15. The van der Waals surface area contributed by atoms with Gasteiger partial charge >= 0.3 is 5.97 Å². The van der Waals surface area contributed by atoms with Gasteiger partial charge in [-0.05, 0) is 25.6 Å². The van der Waals surface area contributed by atoms with E-state index in [1.54, 1.807) is 0 Å². The van der Waals surface area contributed by atoms with Gasteiger partial charge in [0.05, 0.1) is 17.2 Å². The minimum Gasteiger partial charge on any atom is -0.490 e. The van der Waals surface area contributed by atoms with Crippen molar-refractivity contribution in [3.63, 3.8) is 0 Å². The maximum absolute atomic E-state index is 11.8. The molecule has 0 unspecified atom stereocenters. The molecular formula is C11H14N2O5S. The summed E-state index contributed by atoms with van der Waals surface area (Å²) in [4.78, 5) is 11.1. The molecule has 0 radical (unpaired) electrons. The van der Waals surface area contributed by atoms with E-state index in [4.69, 9.17) is 4.74 Å². The Kier molecular flexibility index (Phi) is 3.63. The van der Waals surface area contributed by atoms with Crippen LogP contribution in [0.15, 0.2) is 17.0 Å². The molecule has 0 aromatic heterocycles. The normalized spacial score (nSPS) is 14.8. The van der Waals surface area contributed by atoms with Crippen molar-refractivity contribution < 1.29 is 23.1 Å². The average molecular weight is 286 g/mol. The van der Waals surface area contributed by atoms with Crippen LogP contribution in [0, 0.1) is 0 Å². The average Bonchev–Trinajstić information content (AvgIpc) is 2.62. The van der Waals surface area contributed by atoms with Gasteiger partial charge in [-0.3, -0.25) is 0 Å². The van der Waals surface area contributed by atoms with Crippen molar-refractivity contribution in [1.82, 2.24) is 4.72 Å². The van der Waals surface area contributed by atoms with Crippen molar-refractivity contribution in [2.75, 3.05) is 25.5 Å². The van der Waals surface area contributed by atoms with Crippen molar-refractivity contribution in [2.45, 2.75) is 11.3 Å². The van der Waals surface area contributed by atoms with E-state index < -0.39 is 16.0 Å². The van der Waals surface area contributed by atoms with E-state index in [9.17, 15) is 18.3 Å². The lowest BCUT2D eigenvalue weighted by Crippen LogP contribution is -2.19. The molecule has 0 bridgehead atoms. The van der Waals surface area contributed by atoms with Crippen LogP contribution in [0.4, 0.5) is 5.69 Å². The molecule has 104 valence electrons. The molecule has 0 saturated carbocycles. The summed E-state index contributed by atoms with van der Waals surface area (Å²) in [5.41, 5.74) is 0.215. The van der Waals surface area contributed by atoms with Gasteiger partial charge in [0.15, 0.2) is 5.75 Å². The fourth-order valence-corrected chi connectivity index (χ4v) is 2.57. The zero-order valence-electron chi connectivity index (χ0n) is 10.3. The van der Waals surface area contributed by atoms with E-state index in [0.717, 1.165) is 6.07 Å². The van der Waals surface area contributed by atoms with E-state index in [-0.39, 0.29) is 16.2 Å². The SMILES string of the molecule is CNS(=O)(=O)c1cc2c(c(C(=O)O)c1)OCCCN2. The van der Waals surface area contributed by atoms with Crippen molar-refractivity contribution in [3.8, 4) is 5.75 Å². The number of anilines is 1. The molecule has 1 aromatic rings. The van der Waals surface area contributed by atoms with E-state index in [1.165, 1.54) is 13.1 Å². The summed E-state index contributed by atoms with van der Waals surface area (Å²) in [7, 11) is -2.44. The van der Waals surface area contributed by atoms with Crippen LogP contribution in [0.25, 0.3) is 0 Å². The molecule has 0 aliphatic carbocycles. The number of rotatable bonds is 3. The number of carboxylic acids is 1. The van der Waals surface area contributed by atoms with Gasteiger partial charge in [-0.2, -0.15) is 0 Å². The zero-order chi connectivity index (χ0) is 14.0. The van der Waals surface area contributed by atoms with Gasteiger partial charge in [0.2, 0.25) is 10.0 Å². The lowest BCUT2D eigenvalue weighted by Gasteiger charge is -2.13. The highest BCUT2D eigenvalue weighted by atomic mass is 32.2. The Bertz CT molecular complexity index is 612. The van der Waals surface area contributed by atoms with Crippen LogP contribution in [0.1, 0.15) is 16.8 Å². The van der Waals surface area contributed by atoms with Gasteiger partial charge in [0, 0.05) is 6.54 Å². The van der Waals surface area contributed by atoms with Gasteiger partial charge < -0.3 is 15.2 Å². The summed E-state index contributed by atoms with van der Waals surface area (Å²) in [6, 6.07) is 2.47. The molecular weight excluding hydrogens is 272 g/mol. The van der Waals surface area contributed by atoms with E-state index in [0.29, 0.717) is 25.3 Å². The van der Waals surface area contributed by atoms with Crippen LogP contribution in [-0.4, -0.2) is 39.7 Å². The number of carboxylic acid groups (broad SMARTS) is 1. The molecule has 0 atom stereocenters. The Balaban J connectivity index is 2.65. The standard InChI is InChI=1S/C11H14N2O5S/c1-12-19(16,17)7-5-8(11(14)15)10-9(6-7)13-3-2-4-18-10/h5-6,12-13H,2-4H2,1H3,(H,14,15). The first kappa shape index (κ1) is 13.6. The van der Waals surface area contributed by atoms with Gasteiger partial charge in [0.25, 0.3) is 0 Å². The van der Waals surface area contributed by atoms with Crippen molar-refractivity contribution in [2.24, 2.45) is 0 Å². The number of benzene rings is 1. The fourth-order valence-electron chi connectivity index (χ4n) is 1.79. The van der Waals surface area contributed by atoms with E-state index in [1.807, 2.05) is 0 Å². The molecule has 1 heterocycles. The fraction of sp³-hybridized carbons (Fsp3) is 0.364. The van der Waals surface area contributed by atoms with E-state index in [2.05, 4.69) is 10.0 Å². The third-order valence-electron chi connectivity index (χ3n) is 2.75. The Hall–Kier alpha value is -1.80. The maximum atomic E-state index is 11.8. The van der Waals surface area contributed by atoms with Crippen molar-refractivity contribution in [1.29, 1.82) is 0 Å². The smallest absolute Gasteiger partial charge is 0.339 e. The van der Waals surface area contributed by atoms with Crippen LogP contribution in [0.3, 0.4) is 0 Å². The summed E-state index contributed by atoms with van der Waals surface area (Å²) >= 11 is 0. The van der Waals surface area contributed by atoms with Gasteiger partial charge in [-0.1, -0.05) is 0 Å². The zero-order valence-corrected chi connectivity index (χ0v) is 11.1. The lowest BCUT2D eigenvalue weighted by atomic mass is 10.1. The number of carbonyl (C=O) groups is 1. The third kappa shape index (κ3) is 2.64. The van der Waals surface area contributed by atoms with Gasteiger partial charge in [0.1, 0.15) is 5.56 Å². The predicted molar refractivity (Wildman–Crippen MR) is 68.2 cm³/mol. The predicted octanol–water partition coefficient (Wildman–Crippen LogP) is 0.487. The molecule has 19 heavy (non-hydrogen) atoms. The second kappa shape index (κ2) is 5.06. The largest absolute Gasteiger partial charge is 0.490 e. The Morgan fingerprint density at radius 2 is 2.21 bits per heavy atom. The lowest BCUT2D eigenvalue weighted by molar-refractivity contribution is 0.0692. The minimum absolute atomic E-state index is 0.107. The molecule has 7 nitrogen and oxygen atoms in total. The first-order chi connectivity index (χ1) is 8.95. The number of nitrogens with one attached hydrogen (secondary N) is 2. The maximum Gasteiger partial charge on any atom is 0.339 e. The number of fused-ring (bicyclic) bond motifs is 1. The van der Waals surface area contributed by atoms with E-state index >= 15 is 0 Å². The number of sulfonamides is 1. The molecule has 1 aromatic carbocycles. The van der Waals surface area contributed by atoms with Crippen LogP contribution >= 0.6 is 0 Å². The topological polar surface area (TPSA) is 105 Å². The molecule has 8 heteroatoms. The Morgan fingerprint density at radius 1 is 1.47 bits per heavy atom. The monoisotopic (exact) mass is 286 g/mol. The molecule has 0 fully saturated rings. The highest BCUT2D eigenvalue weighted by molar-refractivity contribution is 7.89. The van der Waals surface area contributed by atoms with Crippen LogP contribution < -0.4 is 14.8 Å². The number of ether oxygens (including phenoxy) is 1. The summed E-state index contributed by atoms with van der Waals surface area (Å²) < 4.78 is 31.1. The van der Waals surface area contributed by atoms with Crippen molar-refractivity contribution in [3.05, 3.63) is 17.7 Å². The van der Waals surface area contributed by atoms with Gasteiger partial charge in [-0.25, -0.2) is 17.9 Å². The molecule has 0 spiro atoms. The number of aromatic carboxylic acids is 1. The third-order valence-corrected chi connectivity index (χ3v) is 4.15. The first-order valence-electron chi connectivity index (χ1n) is 5.67. The number of hydrogen-bond donors (Lipinski definition) is 3. The molecule has 0 saturated heterocycles. The summed E-state index contributed by atoms with van der Waals surface area (Å²) in [5.74, 6) is -1.05. The van der Waals surface area contributed by atoms with Crippen LogP contribution in [-0.2, 0) is 10.0 Å². The van der Waals surface area contributed by atoms with Crippen molar-refractivity contribution >= 4 is 21.7 Å². The second-order valence-corrected chi connectivity index (χ2v) is 5.88. The quantitative estimate of drug-likeness (QED) is 0.747. The molecule has 1 aliphatic rings. The minimum atomic E-state index is -3.71. The Morgan fingerprint density at radius 3 is 2.84 bits per heavy atom. The summed E-state index contributed by atoms with van der Waals surface area (Å²) in [5, 5.41) is 12.1. The number of hydrogen-bond acceptors (Lipinski definition) is 5. The summed E-state index contributed by atoms with van der Waals surface area (Å²) in [6.45, 7) is 0.980. The van der Waals surface area contributed by atoms with Crippen LogP contribution in [0.2, 0.25) is 0 Å². The summed E-state index contributed by atoms with van der Waals surface area (Å²) in [6.07, 6.45) is 0.710. The second-order valence-electron chi connectivity index (χ2n) is 3.99. The van der Waals surface area contributed by atoms with Crippen LogP contribution in [0.5, 0.6) is 5.75 Å². The van der Waals surface area contributed by atoms with Gasteiger partial charge in [-0.15, -0.1) is 0 Å². The highest BCUT2D eigenvalue weighted by Crippen LogP contribution is 2.34. The molecule has 2 rings (SSSR count). The highest BCUT2D eigenvalue weighted by Gasteiger charge is 2.23.